The lowest BCUT2D eigenvalue weighted by atomic mass is 10.1. The highest BCUT2D eigenvalue weighted by Crippen LogP contribution is 2.44. The fourth-order valence-corrected chi connectivity index (χ4v) is 5.48. The molecule has 2 unspecified atom stereocenters. The zero-order valence-corrected chi connectivity index (χ0v) is 12.8. The number of aromatic nitrogens is 1. The minimum absolute atomic E-state index is 0.0885. The summed E-state index contributed by atoms with van der Waals surface area (Å²) < 4.78 is 5.16. The Hall–Kier alpha value is -0.550. The molecule has 0 aromatic carbocycles. The lowest BCUT2D eigenvalue weighted by Crippen LogP contribution is -2.14. The Morgan fingerprint density at radius 3 is 3.05 bits per heavy atom. The van der Waals surface area contributed by atoms with Crippen LogP contribution in [0.2, 0.25) is 0 Å². The van der Waals surface area contributed by atoms with Crippen molar-refractivity contribution in [1.82, 2.24) is 4.98 Å². The molecule has 1 aliphatic carbocycles. The van der Waals surface area contributed by atoms with Crippen molar-refractivity contribution >= 4 is 29.1 Å². The molecule has 1 saturated heterocycles. The van der Waals surface area contributed by atoms with Gasteiger partial charge >= 0.3 is 5.97 Å². The van der Waals surface area contributed by atoms with E-state index in [0.717, 1.165) is 18.5 Å². The Labute approximate surface area is 122 Å². The highest BCUT2D eigenvalue weighted by molar-refractivity contribution is 7.99. The minimum atomic E-state index is -0.103. The van der Waals surface area contributed by atoms with Crippen molar-refractivity contribution < 1.29 is 9.53 Å². The second-order valence-electron chi connectivity index (χ2n) is 5.06. The fraction of sp³-hybridized carbons (Fsp3) is 0.714. The van der Waals surface area contributed by atoms with Gasteiger partial charge in [-0.3, -0.25) is 4.79 Å². The normalized spacial score (nSPS) is 26.2. The van der Waals surface area contributed by atoms with Gasteiger partial charge in [0.1, 0.15) is 10.9 Å². The zero-order chi connectivity index (χ0) is 13.2. The summed E-state index contributed by atoms with van der Waals surface area (Å²) in [6.07, 6.45) is 5.75. The first-order valence-corrected chi connectivity index (χ1v) is 8.94. The van der Waals surface area contributed by atoms with Crippen molar-refractivity contribution in [2.24, 2.45) is 0 Å². The summed E-state index contributed by atoms with van der Waals surface area (Å²) in [4.78, 5) is 18.0. The average Bonchev–Trinajstić information content (AvgIpc) is 2.99. The SMILES string of the molecule is CCOC(=O)C1CCc2sc(C3CCCCS3)nc21. The molecule has 0 amide bonds. The summed E-state index contributed by atoms with van der Waals surface area (Å²) in [6.45, 7) is 2.32. The number of carbonyl (C=O) groups is 1. The number of ether oxygens (including phenoxy) is 1. The maximum absolute atomic E-state index is 11.9. The highest BCUT2D eigenvalue weighted by Gasteiger charge is 2.34. The van der Waals surface area contributed by atoms with Crippen LogP contribution < -0.4 is 0 Å². The molecule has 0 N–H and O–H groups in total. The monoisotopic (exact) mass is 297 g/mol. The standard InChI is InChI=1S/C14H19NO2S2/c1-2-17-14(16)9-6-7-10-12(9)15-13(19-10)11-5-3-4-8-18-11/h9,11H,2-8H2,1H3. The van der Waals surface area contributed by atoms with Gasteiger partial charge in [0.05, 0.1) is 17.6 Å². The lowest BCUT2D eigenvalue weighted by molar-refractivity contribution is -0.145. The van der Waals surface area contributed by atoms with Crippen LogP contribution in [0.1, 0.15) is 59.4 Å². The molecular weight excluding hydrogens is 278 g/mol. The molecule has 0 bridgehead atoms. The molecule has 0 spiro atoms. The van der Waals surface area contributed by atoms with Crippen molar-refractivity contribution in [2.45, 2.75) is 50.2 Å². The van der Waals surface area contributed by atoms with Crippen LogP contribution in [0, 0.1) is 0 Å². The van der Waals surface area contributed by atoms with Crippen molar-refractivity contribution in [3.63, 3.8) is 0 Å². The van der Waals surface area contributed by atoms with Crippen LogP contribution in [0.3, 0.4) is 0 Å². The Bertz CT molecular complexity index is 466. The topological polar surface area (TPSA) is 39.2 Å². The van der Waals surface area contributed by atoms with Crippen LogP contribution in [-0.2, 0) is 16.0 Å². The molecule has 2 aliphatic rings. The first-order chi connectivity index (χ1) is 9.29. The maximum atomic E-state index is 11.9. The molecule has 2 atom stereocenters. The summed E-state index contributed by atoms with van der Waals surface area (Å²) in [7, 11) is 0. The number of esters is 1. The molecule has 3 rings (SSSR count). The van der Waals surface area contributed by atoms with E-state index in [1.165, 1.54) is 34.9 Å². The predicted molar refractivity (Wildman–Crippen MR) is 78.9 cm³/mol. The van der Waals surface area contributed by atoms with Crippen LogP contribution >= 0.6 is 23.1 Å². The largest absolute Gasteiger partial charge is 0.465 e. The quantitative estimate of drug-likeness (QED) is 0.798. The number of hydrogen-bond donors (Lipinski definition) is 0. The molecule has 1 fully saturated rings. The molecule has 1 aromatic heterocycles. The molecule has 0 radical (unpaired) electrons. The third-order valence-corrected chi connectivity index (χ3v) is 6.54. The van der Waals surface area contributed by atoms with Gasteiger partial charge in [-0.2, -0.15) is 11.8 Å². The third kappa shape index (κ3) is 2.68. The molecule has 1 aromatic rings. The van der Waals surface area contributed by atoms with Gasteiger partial charge in [0, 0.05) is 4.88 Å². The molecule has 19 heavy (non-hydrogen) atoms. The van der Waals surface area contributed by atoms with E-state index < -0.39 is 0 Å². The van der Waals surface area contributed by atoms with Crippen LogP contribution in [0.15, 0.2) is 0 Å². The van der Waals surface area contributed by atoms with E-state index in [1.807, 2.05) is 30.0 Å². The zero-order valence-electron chi connectivity index (χ0n) is 11.2. The first-order valence-electron chi connectivity index (χ1n) is 7.07. The van der Waals surface area contributed by atoms with Gasteiger partial charge in [-0.15, -0.1) is 11.3 Å². The summed E-state index contributed by atoms with van der Waals surface area (Å²) in [6, 6.07) is 0. The van der Waals surface area contributed by atoms with Gasteiger partial charge in [0.15, 0.2) is 0 Å². The van der Waals surface area contributed by atoms with E-state index in [4.69, 9.17) is 9.72 Å². The Balaban J connectivity index is 1.78. The fourth-order valence-electron chi connectivity index (χ4n) is 2.79. The van der Waals surface area contributed by atoms with Crippen molar-refractivity contribution in [3.05, 3.63) is 15.6 Å². The van der Waals surface area contributed by atoms with Gasteiger partial charge in [-0.1, -0.05) is 6.42 Å². The Morgan fingerprint density at radius 1 is 1.42 bits per heavy atom. The molecule has 104 valence electrons. The number of hydrogen-bond acceptors (Lipinski definition) is 5. The Kier molecular flexibility index (Phi) is 4.12. The number of aryl methyl sites for hydroxylation is 1. The number of thioether (sulfide) groups is 1. The summed E-state index contributed by atoms with van der Waals surface area (Å²) in [5, 5.41) is 1.80. The Morgan fingerprint density at radius 2 is 2.32 bits per heavy atom. The maximum Gasteiger partial charge on any atom is 0.315 e. The number of thiazole rings is 1. The predicted octanol–water partition coefficient (Wildman–Crippen LogP) is 3.69. The molecular formula is C14H19NO2S2. The van der Waals surface area contributed by atoms with Gasteiger partial charge in [-0.05, 0) is 38.4 Å². The van der Waals surface area contributed by atoms with E-state index >= 15 is 0 Å². The van der Waals surface area contributed by atoms with Crippen molar-refractivity contribution in [3.8, 4) is 0 Å². The summed E-state index contributed by atoms with van der Waals surface area (Å²) in [5.74, 6) is 1.05. The molecule has 0 saturated carbocycles. The van der Waals surface area contributed by atoms with Crippen LogP contribution in [-0.4, -0.2) is 23.3 Å². The van der Waals surface area contributed by atoms with Crippen molar-refractivity contribution in [1.29, 1.82) is 0 Å². The first kappa shape index (κ1) is 13.4. The molecule has 2 heterocycles. The van der Waals surface area contributed by atoms with Gasteiger partial charge in [0.25, 0.3) is 0 Å². The summed E-state index contributed by atoms with van der Waals surface area (Å²) >= 11 is 3.85. The highest BCUT2D eigenvalue weighted by atomic mass is 32.2. The number of rotatable bonds is 3. The smallest absolute Gasteiger partial charge is 0.315 e. The van der Waals surface area contributed by atoms with Gasteiger partial charge in [-0.25, -0.2) is 4.98 Å². The minimum Gasteiger partial charge on any atom is -0.465 e. The second-order valence-corrected chi connectivity index (χ2v) is 7.48. The lowest BCUT2D eigenvalue weighted by Gasteiger charge is -2.19. The number of carbonyl (C=O) groups excluding carboxylic acids is 1. The molecule has 1 aliphatic heterocycles. The molecule has 3 nitrogen and oxygen atoms in total. The van der Waals surface area contributed by atoms with Gasteiger partial charge in [0.2, 0.25) is 0 Å². The number of nitrogens with zero attached hydrogens (tertiary/aromatic N) is 1. The van der Waals surface area contributed by atoms with Crippen LogP contribution in [0.25, 0.3) is 0 Å². The van der Waals surface area contributed by atoms with E-state index in [1.54, 1.807) is 0 Å². The van der Waals surface area contributed by atoms with E-state index in [2.05, 4.69) is 0 Å². The van der Waals surface area contributed by atoms with Gasteiger partial charge < -0.3 is 4.74 Å². The summed E-state index contributed by atoms with van der Waals surface area (Å²) in [5.41, 5.74) is 1.02. The third-order valence-electron chi connectivity index (χ3n) is 3.76. The van der Waals surface area contributed by atoms with Crippen molar-refractivity contribution in [2.75, 3.05) is 12.4 Å². The molecule has 5 heteroatoms. The van der Waals surface area contributed by atoms with E-state index in [0.29, 0.717) is 11.9 Å². The second kappa shape index (κ2) is 5.83. The van der Waals surface area contributed by atoms with Crippen LogP contribution in [0.5, 0.6) is 0 Å². The van der Waals surface area contributed by atoms with Crippen LogP contribution in [0.4, 0.5) is 0 Å². The number of fused-ring (bicyclic) bond motifs is 1. The van der Waals surface area contributed by atoms with E-state index in [-0.39, 0.29) is 11.9 Å². The van der Waals surface area contributed by atoms with E-state index in [9.17, 15) is 4.79 Å². The average molecular weight is 297 g/mol.